The number of hydrogen-bond acceptors (Lipinski definition) is 4. The summed E-state index contributed by atoms with van der Waals surface area (Å²) < 4.78 is 23.7. The lowest BCUT2D eigenvalue weighted by Crippen LogP contribution is -2.49. The lowest BCUT2D eigenvalue weighted by atomic mass is 9.74. The molecule has 0 spiro atoms. The fourth-order valence-electron chi connectivity index (χ4n) is 4.69. The Labute approximate surface area is 156 Å². The van der Waals surface area contributed by atoms with Crippen molar-refractivity contribution in [1.29, 1.82) is 0 Å². The van der Waals surface area contributed by atoms with Crippen LogP contribution in [0.1, 0.15) is 50.3 Å². The summed E-state index contributed by atoms with van der Waals surface area (Å²) in [6.45, 7) is 5.77. The first-order valence-electron chi connectivity index (χ1n) is 9.61. The van der Waals surface area contributed by atoms with E-state index in [0.717, 1.165) is 43.9 Å². The average Bonchev–Trinajstić information content (AvgIpc) is 2.60. The summed E-state index contributed by atoms with van der Waals surface area (Å²) in [4.78, 5) is 2.48. The van der Waals surface area contributed by atoms with Gasteiger partial charge in [0.2, 0.25) is 0 Å². The van der Waals surface area contributed by atoms with Crippen molar-refractivity contribution in [2.24, 2.45) is 11.3 Å². The molecule has 1 N–H and O–H groups in total. The summed E-state index contributed by atoms with van der Waals surface area (Å²) in [5, 5.41) is 10.8. The van der Waals surface area contributed by atoms with Crippen LogP contribution >= 0.6 is 0 Å². The number of methoxy groups -OCH3 is 2. The zero-order valence-electron chi connectivity index (χ0n) is 16.4. The van der Waals surface area contributed by atoms with Crippen molar-refractivity contribution in [3.05, 3.63) is 23.3 Å². The van der Waals surface area contributed by atoms with E-state index >= 15 is 0 Å². The topological polar surface area (TPSA) is 41.9 Å². The first-order valence-corrected chi connectivity index (χ1v) is 9.61. The van der Waals surface area contributed by atoms with Gasteiger partial charge < -0.3 is 14.6 Å². The van der Waals surface area contributed by atoms with E-state index in [4.69, 9.17) is 9.47 Å². The van der Waals surface area contributed by atoms with E-state index in [2.05, 4.69) is 30.9 Å². The molecule has 146 valence electrons. The molecule has 3 rings (SSSR count). The number of piperidine rings is 1. The molecule has 3 atom stereocenters. The van der Waals surface area contributed by atoms with Gasteiger partial charge in [0.15, 0.2) is 11.5 Å². The van der Waals surface area contributed by atoms with E-state index < -0.39 is 0 Å². The van der Waals surface area contributed by atoms with Crippen LogP contribution in [0.25, 0.3) is 0 Å². The number of aliphatic hydroxyl groups is 1. The first kappa shape index (κ1) is 19.4. The molecule has 0 unspecified atom stereocenters. The molecule has 4 nitrogen and oxygen atoms in total. The summed E-state index contributed by atoms with van der Waals surface area (Å²) in [5.74, 6) is 1.71. The molecule has 1 aromatic rings. The molecule has 0 saturated carbocycles. The Balaban J connectivity index is 1.80. The molecule has 1 saturated heterocycles. The van der Waals surface area contributed by atoms with E-state index in [9.17, 15) is 9.50 Å². The van der Waals surface area contributed by atoms with E-state index in [0.29, 0.717) is 6.42 Å². The van der Waals surface area contributed by atoms with Gasteiger partial charge in [0, 0.05) is 19.1 Å². The smallest absolute Gasteiger partial charge is 0.161 e. The highest BCUT2D eigenvalue weighted by Gasteiger charge is 2.40. The zero-order chi connectivity index (χ0) is 18.9. The van der Waals surface area contributed by atoms with Crippen molar-refractivity contribution < 1.29 is 19.0 Å². The first-order chi connectivity index (χ1) is 12.4. The molecule has 0 aliphatic carbocycles. The number of halogens is 1. The predicted molar refractivity (Wildman–Crippen MR) is 101 cm³/mol. The van der Waals surface area contributed by atoms with Gasteiger partial charge in [-0.2, -0.15) is 0 Å². The van der Waals surface area contributed by atoms with Gasteiger partial charge in [-0.1, -0.05) is 13.8 Å². The molecule has 2 heterocycles. The van der Waals surface area contributed by atoms with Gasteiger partial charge in [-0.15, -0.1) is 0 Å². The predicted octanol–water partition coefficient (Wildman–Crippen LogP) is 3.76. The van der Waals surface area contributed by atoms with Gasteiger partial charge in [-0.25, -0.2) is 0 Å². The van der Waals surface area contributed by atoms with Crippen molar-refractivity contribution in [3.63, 3.8) is 0 Å². The fraction of sp³-hybridized carbons (Fsp3) is 0.714. The number of aliphatic hydroxyl groups excluding tert-OH is 1. The van der Waals surface area contributed by atoms with Crippen LogP contribution in [0.3, 0.4) is 0 Å². The number of nitrogens with zero attached hydrogens (tertiary/aromatic N) is 1. The molecule has 0 radical (unpaired) electrons. The summed E-state index contributed by atoms with van der Waals surface area (Å²) in [6.07, 6.45) is 2.76. The highest BCUT2D eigenvalue weighted by atomic mass is 18.2. The third-order valence-electron chi connectivity index (χ3n) is 6.18. The van der Waals surface area contributed by atoms with Crippen LogP contribution in [0.15, 0.2) is 12.1 Å². The Hall–Kier alpha value is -1.33. The Kier molecular flexibility index (Phi) is 5.78. The normalized spacial score (nSPS) is 26.2. The van der Waals surface area contributed by atoms with Crippen molar-refractivity contribution >= 4 is 0 Å². The molecule has 1 aromatic carbocycles. The Morgan fingerprint density at radius 2 is 1.92 bits per heavy atom. The molecule has 1 fully saturated rings. The molecule has 0 amide bonds. The lowest BCUT2D eigenvalue weighted by molar-refractivity contribution is -0.0287. The quantitative estimate of drug-likeness (QED) is 0.835. The number of rotatable bonds is 6. The highest BCUT2D eigenvalue weighted by Crippen LogP contribution is 2.44. The standard InChI is InChI=1S/C21H32FNO3/c1-21(2,6-7-22)12-15-13-23-8-5-14-9-19(25-3)20(26-4)10-16(14)17(23)11-18(15)24/h9-10,15,17-18,24H,5-8,11-13H2,1-4H3/t15-,17-,18+/m1/s1/i22-1. The number of hydrogen-bond donors (Lipinski definition) is 1. The van der Waals surface area contributed by atoms with E-state index in [1.165, 1.54) is 11.1 Å². The van der Waals surface area contributed by atoms with Crippen molar-refractivity contribution in [2.75, 3.05) is 34.0 Å². The van der Waals surface area contributed by atoms with E-state index in [1.54, 1.807) is 14.2 Å². The van der Waals surface area contributed by atoms with Crippen LogP contribution in [0.4, 0.5) is 4.39 Å². The van der Waals surface area contributed by atoms with E-state index in [1.807, 2.05) is 0 Å². The maximum atomic E-state index is 12.8. The third kappa shape index (κ3) is 3.84. The highest BCUT2D eigenvalue weighted by molar-refractivity contribution is 5.49. The maximum absolute atomic E-state index is 12.8. The molecular weight excluding hydrogens is 332 g/mol. The van der Waals surface area contributed by atoms with Gasteiger partial charge >= 0.3 is 0 Å². The summed E-state index contributed by atoms with van der Waals surface area (Å²) in [7, 11) is 3.32. The Morgan fingerprint density at radius 3 is 2.58 bits per heavy atom. The van der Waals surface area contributed by atoms with Crippen LogP contribution in [-0.4, -0.2) is 50.1 Å². The minimum absolute atomic E-state index is 0.0719. The minimum Gasteiger partial charge on any atom is -0.493 e. The van der Waals surface area contributed by atoms with Crippen LogP contribution in [-0.2, 0) is 6.42 Å². The number of alkyl halides is 1. The van der Waals surface area contributed by atoms with Gasteiger partial charge in [0.1, 0.15) is 0 Å². The molecule has 2 aliphatic heterocycles. The molecule has 26 heavy (non-hydrogen) atoms. The van der Waals surface area contributed by atoms with Crippen molar-refractivity contribution in [1.82, 2.24) is 4.90 Å². The van der Waals surface area contributed by atoms with Crippen LogP contribution in [0, 0.1) is 11.3 Å². The molecular formula is C21H32FNO3. The summed E-state index contributed by atoms with van der Waals surface area (Å²) >= 11 is 0. The zero-order valence-corrected chi connectivity index (χ0v) is 16.4. The largest absolute Gasteiger partial charge is 0.493 e. The van der Waals surface area contributed by atoms with E-state index in [-0.39, 0.29) is 30.2 Å². The average molecular weight is 364 g/mol. The van der Waals surface area contributed by atoms with Crippen LogP contribution in [0.2, 0.25) is 0 Å². The number of benzene rings is 1. The summed E-state index contributed by atoms with van der Waals surface area (Å²) in [6, 6.07) is 4.37. The number of ether oxygens (including phenoxy) is 2. The van der Waals surface area contributed by atoms with Gasteiger partial charge in [-0.3, -0.25) is 9.29 Å². The van der Waals surface area contributed by atoms with Crippen molar-refractivity contribution in [3.8, 4) is 11.5 Å². The second-order valence-electron chi connectivity index (χ2n) is 8.54. The lowest BCUT2D eigenvalue weighted by Gasteiger charge is -2.47. The van der Waals surface area contributed by atoms with Crippen LogP contribution in [0.5, 0.6) is 11.5 Å². The molecule has 5 heteroatoms. The van der Waals surface area contributed by atoms with Gasteiger partial charge in [0.25, 0.3) is 0 Å². The second-order valence-corrected chi connectivity index (χ2v) is 8.54. The van der Waals surface area contributed by atoms with Crippen LogP contribution < -0.4 is 9.47 Å². The molecule has 2 aliphatic rings. The third-order valence-corrected chi connectivity index (χ3v) is 6.18. The second kappa shape index (κ2) is 7.73. The molecule has 0 aromatic heterocycles. The fourth-order valence-corrected chi connectivity index (χ4v) is 4.69. The van der Waals surface area contributed by atoms with Crippen molar-refractivity contribution in [2.45, 2.75) is 51.7 Å². The summed E-state index contributed by atoms with van der Waals surface area (Å²) in [5.41, 5.74) is 2.46. The van der Waals surface area contributed by atoms with Gasteiger partial charge in [-0.05, 0) is 60.3 Å². The SMILES string of the molecule is COc1cc2c(cc1OC)[C@H]1C[C@H](O)[C@H](CC(C)(C)CC[18F])CN1CC2. The van der Waals surface area contributed by atoms with Gasteiger partial charge in [0.05, 0.1) is 27.0 Å². The Bertz CT molecular complexity index is 634. The molecule has 0 bridgehead atoms. The minimum atomic E-state index is -0.353. The number of fused-ring (bicyclic) bond motifs is 3. The maximum Gasteiger partial charge on any atom is 0.161 e. The Morgan fingerprint density at radius 1 is 1.23 bits per heavy atom. The monoisotopic (exact) mass is 364 g/mol.